The van der Waals surface area contributed by atoms with Gasteiger partial charge in [-0.3, -0.25) is 9.59 Å². The lowest BCUT2D eigenvalue weighted by atomic mass is 10.1. The maximum absolute atomic E-state index is 12.3. The van der Waals surface area contributed by atoms with Crippen molar-refractivity contribution in [2.75, 3.05) is 25.1 Å². The van der Waals surface area contributed by atoms with Crippen LogP contribution in [-0.4, -0.2) is 41.5 Å². The molecule has 9 heteroatoms. The van der Waals surface area contributed by atoms with E-state index in [0.29, 0.717) is 41.7 Å². The molecule has 9 nitrogen and oxygen atoms in total. The minimum absolute atomic E-state index is 0.127. The highest BCUT2D eigenvalue weighted by atomic mass is 16.5. The molecule has 1 aliphatic heterocycles. The minimum Gasteiger partial charge on any atom is -0.490 e. The summed E-state index contributed by atoms with van der Waals surface area (Å²) in [6.07, 6.45) is 0.777. The Balaban J connectivity index is 1.64. The molecule has 0 bridgehead atoms. The second kappa shape index (κ2) is 8.12. The topological polar surface area (TPSA) is 109 Å². The van der Waals surface area contributed by atoms with Crippen molar-refractivity contribution in [3.05, 3.63) is 45.4 Å². The summed E-state index contributed by atoms with van der Waals surface area (Å²) in [6.45, 7) is 3.86. The Morgan fingerprint density at radius 2 is 1.93 bits per heavy atom. The zero-order chi connectivity index (χ0) is 20.3. The quantitative estimate of drug-likeness (QED) is 0.789. The molecule has 3 rings (SSSR count). The maximum atomic E-state index is 12.3. The smallest absolute Gasteiger partial charge is 0.344 e. The van der Waals surface area contributed by atoms with Crippen LogP contribution in [0.3, 0.4) is 0 Å². The molecule has 2 heterocycles. The van der Waals surface area contributed by atoms with Gasteiger partial charge < -0.3 is 19.5 Å². The van der Waals surface area contributed by atoms with Crippen LogP contribution in [0.1, 0.15) is 28.0 Å². The summed E-state index contributed by atoms with van der Waals surface area (Å²) in [6, 6.07) is 5.01. The third kappa shape index (κ3) is 4.13. The zero-order valence-corrected chi connectivity index (χ0v) is 15.9. The Kier molecular flexibility index (Phi) is 5.62. The van der Waals surface area contributed by atoms with Gasteiger partial charge in [-0.2, -0.15) is 5.10 Å². The molecular formula is C19H21N3O6. The highest BCUT2D eigenvalue weighted by Gasteiger charge is 2.20. The number of hydrogen-bond donors (Lipinski definition) is 1. The fourth-order valence-electron chi connectivity index (χ4n) is 2.73. The number of nitrogens with zero attached hydrogens (tertiary/aromatic N) is 2. The van der Waals surface area contributed by atoms with Crippen LogP contribution in [0.15, 0.2) is 23.0 Å². The molecule has 0 atom stereocenters. The third-order valence-corrected chi connectivity index (χ3v) is 4.30. The highest BCUT2D eigenvalue weighted by Crippen LogP contribution is 2.32. The van der Waals surface area contributed by atoms with Gasteiger partial charge in [-0.1, -0.05) is 0 Å². The van der Waals surface area contributed by atoms with Gasteiger partial charge in [-0.05, 0) is 31.5 Å². The number of carbonyl (C=O) groups excluding carboxylic acids is 2. The summed E-state index contributed by atoms with van der Waals surface area (Å²) in [5.74, 6) is -0.250. The van der Waals surface area contributed by atoms with Gasteiger partial charge in [-0.15, -0.1) is 0 Å². The summed E-state index contributed by atoms with van der Waals surface area (Å²) >= 11 is 0. The Bertz CT molecular complexity index is 982. The number of aromatic nitrogens is 2. The van der Waals surface area contributed by atoms with Crippen LogP contribution >= 0.6 is 0 Å². The first kappa shape index (κ1) is 19.4. The van der Waals surface area contributed by atoms with Gasteiger partial charge in [0.05, 0.1) is 18.9 Å². The van der Waals surface area contributed by atoms with Crippen LogP contribution in [0.2, 0.25) is 0 Å². The van der Waals surface area contributed by atoms with Gasteiger partial charge in [0.2, 0.25) is 0 Å². The van der Waals surface area contributed by atoms with Gasteiger partial charge in [0.1, 0.15) is 5.56 Å². The van der Waals surface area contributed by atoms with E-state index in [1.54, 1.807) is 32.0 Å². The van der Waals surface area contributed by atoms with E-state index in [4.69, 9.17) is 14.2 Å². The van der Waals surface area contributed by atoms with Crippen molar-refractivity contribution in [3.8, 4) is 11.5 Å². The molecule has 2 aromatic rings. The van der Waals surface area contributed by atoms with Crippen molar-refractivity contribution in [1.82, 2.24) is 9.78 Å². The molecular weight excluding hydrogens is 366 g/mol. The van der Waals surface area contributed by atoms with Crippen LogP contribution in [0.5, 0.6) is 11.5 Å². The first-order valence-corrected chi connectivity index (χ1v) is 8.78. The van der Waals surface area contributed by atoms with Crippen molar-refractivity contribution < 1.29 is 23.8 Å². The fraction of sp³-hybridized carbons (Fsp3) is 0.368. The van der Waals surface area contributed by atoms with E-state index in [0.717, 1.165) is 11.1 Å². The average molecular weight is 387 g/mol. The van der Waals surface area contributed by atoms with Crippen LogP contribution in [0.4, 0.5) is 5.69 Å². The van der Waals surface area contributed by atoms with Gasteiger partial charge in [0, 0.05) is 25.2 Å². The normalized spacial score (nSPS) is 12.8. The summed E-state index contributed by atoms with van der Waals surface area (Å²) in [4.78, 5) is 36.6. The highest BCUT2D eigenvalue weighted by molar-refractivity contribution is 5.96. The largest absolute Gasteiger partial charge is 0.490 e. The van der Waals surface area contributed by atoms with Gasteiger partial charge in [0.15, 0.2) is 18.1 Å². The number of fused-ring (bicyclic) bond motifs is 1. The van der Waals surface area contributed by atoms with Crippen molar-refractivity contribution >= 4 is 17.6 Å². The number of amides is 1. The Morgan fingerprint density at radius 1 is 1.21 bits per heavy atom. The number of anilines is 1. The molecule has 0 radical (unpaired) electrons. The number of hydrogen-bond acceptors (Lipinski definition) is 7. The lowest BCUT2D eigenvalue weighted by Gasteiger charge is -2.11. The van der Waals surface area contributed by atoms with E-state index in [1.165, 1.54) is 7.05 Å². The van der Waals surface area contributed by atoms with E-state index in [1.807, 2.05) is 0 Å². The SMILES string of the molecule is Cc1nn(C)c(=O)c(C(=O)OCC(=O)Nc2ccc3c(c2)OCCCO3)c1C. The molecule has 1 N–H and O–H groups in total. The third-order valence-electron chi connectivity index (χ3n) is 4.30. The van der Waals surface area contributed by atoms with Crippen LogP contribution in [0.25, 0.3) is 0 Å². The molecule has 0 saturated carbocycles. The lowest BCUT2D eigenvalue weighted by Crippen LogP contribution is -2.31. The van der Waals surface area contributed by atoms with Crippen LogP contribution < -0.4 is 20.3 Å². The predicted molar refractivity (Wildman–Crippen MR) is 99.9 cm³/mol. The Labute approximate surface area is 161 Å². The van der Waals surface area contributed by atoms with Crippen molar-refractivity contribution in [2.45, 2.75) is 20.3 Å². The summed E-state index contributed by atoms with van der Waals surface area (Å²) < 4.78 is 17.2. The number of ether oxygens (including phenoxy) is 3. The molecule has 0 unspecified atom stereocenters. The zero-order valence-electron chi connectivity index (χ0n) is 15.9. The van der Waals surface area contributed by atoms with Crippen molar-refractivity contribution in [1.29, 1.82) is 0 Å². The minimum atomic E-state index is -0.864. The molecule has 0 aliphatic carbocycles. The number of aryl methyl sites for hydroxylation is 2. The number of nitrogens with one attached hydrogen (secondary N) is 1. The fourth-order valence-corrected chi connectivity index (χ4v) is 2.73. The number of rotatable bonds is 4. The summed E-state index contributed by atoms with van der Waals surface area (Å²) in [5, 5.41) is 6.63. The van der Waals surface area contributed by atoms with E-state index < -0.39 is 24.0 Å². The van der Waals surface area contributed by atoms with E-state index in [-0.39, 0.29) is 5.56 Å². The molecule has 1 amide bonds. The standard InChI is InChI=1S/C19H21N3O6/c1-11-12(2)21-22(3)18(24)17(11)19(25)28-10-16(23)20-13-5-6-14-15(9-13)27-8-4-7-26-14/h5-6,9H,4,7-8,10H2,1-3H3,(H,20,23). The second-order valence-electron chi connectivity index (χ2n) is 6.35. The average Bonchev–Trinajstić information content (AvgIpc) is 2.90. The first-order valence-electron chi connectivity index (χ1n) is 8.78. The van der Waals surface area contributed by atoms with Gasteiger partial charge in [-0.25, -0.2) is 9.48 Å². The van der Waals surface area contributed by atoms with E-state index >= 15 is 0 Å². The van der Waals surface area contributed by atoms with E-state index in [2.05, 4.69) is 10.4 Å². The number of benzene rings is 1. The molecule has 1 aromatic carbocycles. The number of esters is 1. The monoisotopic (exact) mass is 387 g/mol. The van der Waals surface area contributed by atoms with Crippen LogP contribution in [0, 0.1) is 13.8 Å². The first-order chi connectivity index (χ1) is 13.4. The molecule has 28 heavy (non-hydrogen) atoms. The predicted octanol–water partition coefficient (Wildman–Crippen LogP) is 1.35. The van der Waals surface area contributed by atoms with Gasteiger partial charge >= 0.3 is 5.97 Å². The molecule has 1 aliphatic rings. The summed E-state index contributed by atoms with van der Waals surface area (Å²) in [7, 11) is 1.45. The van der Waals surface area contributed by atoms with Gasteiger partial charge in [0.25, 0.3) is 11.5 Å². The lowest BCUT2D eigenvalue weighted by molar-refractivity contribution is -0.119. The Morgan fingerprint density at radius 3 is 2.68 bits per heavy atom. The molecule has 148 valence electrons. The number of carbonyl (C=O) groups is 2. The molecule has 1 aromatic heterocycles. The maximum Gasteiger partial charge on any atom is 0.344 e. The van der Waals surface area contributed by atoms with E-state index in [9.17, 15) is 14.4 Å². The van der Waals surface area contributed by atoms with Crippen molar-refractivity contribution in [2.24, 2.45) is 7.05 Å². The summed E-state index contributed by atoms with van der Waals surface area (Å²) in [5.41, 5.74) is 0.744. The molecule has 0 fully saturated rings. The molecule has 0 spiro atoms. The molecule has 0 saturated heterocycles. The van der Waals surface area contributed by atoms with Crippen molar-refractivity contribution in [3.63, 3.8) is 0 Å². The second-order valence-corrected chi connectivity index (χ2v) is 6.35. The Hall–Kier alpha value is -3.36. The van der Waals surface area contributed by atoms with Crippen LogP contribution in [-0.2, 0) is 16.6 Å².